The summed E-state index contributed by atoms with van der Waals surface area (Å²) in [5.41, 5.74) is 4.57. The van der Waals surface area contributed by atoms with Crippen LogP contribution >= 0.6 is 24.0 Å². The summed E-state index contributed by atoms with van der Waals surface area (Å²) in [5, 5.41) is 6.71. The molecule has 7 heteroatoms. The van der Waals surface area contributed by atoms with Gasteiger partial charge in [-0.05, 0) is 43.5 Å². The first-order valence-corrected chi connectivity index (χ1v) is 10.5. The molecular weight excluding hydrogens is 505 g/mol. The maximum atomic E-state index is 5.94. The summed E-state index contributed by atoms with van der Waals surface area (Å²) in [6.45, 7) is 10.6. The van der Waals surface area contributed by atoms with E-state index in [1.165, 1.54) is 5.56 Å². The van der Waals surface area contributed by atoms with E-state index in [1.54, 1.807) is 7.11 Å². The zero-order chi connectivity index (χ0) is 21.6. The highest BCUT2D eigenvalue weighted by molar-refractivity contribution is 14.0. The lowest BCUT2D eigenvalue weighted by molar-refractivity contribution is 0.110. The van der Waals surface area contributed by atoms with Crippen LogP contribution in [0.4, 0.5) is 0 Å². The third-order valence-corrected chi connectivity index (χ3v) is 4.46. The molecule has 0 radical (unpaired) electrons. The van der Waals surface area contributed by atoms with Crippen molar-refractivity contribution in [2.24, 2.45) is 4.99 Å². The van der Waals surface area contributed by atoms with E-state index in [9.17, 15) is 0 Å². The van der Waals surface area contributed by atoms with Crippen LogP contribution in [0.2, 0.25) is 0 Å². The van der Waals surface area contributed by atoms with Crippen LogP contribution in [0.3, 0.4) is 0 Å². The molecule has 0 unspecified atom stereocenters. The van der Waals surface area contributed by atoms with Crippen LogP contribution in [-0.2, 0) is 29.2 Å². The molecule has 2 N–H and O–H groups in total. The van der Waals surface area contributed by atoms with Crippen LogP contribution in [0, 0.1) is 6.92 Å². The normalized spacial score (nSPS) is 11.0. The van der Waals surface area contributed by atoms with Gasteiger partial charge < -0.3 is 24.8 Å². The molecule has 0 aliphatic carbocycles. The Morgan fingerprint density at radius 2 is 1.71 bits per heavy atom. The van der Waals surface area contributed by atoms with Gasteiger partial charge >= 0.3 is 0 Å². The standard InChI is InChI=1S/C24H35N3O3.HI/c1-5-25-24(26-16-20-8-10-21(11-9-20)18-28-4)27-17-22-12-7-19(3)15-23(22)30-14-13-29-6-2;/h7-12,15H,5-6,13-14,16-18H2,1-4H3,(H2,25,26,27);1H. The SMILES string of the molecule is CCNC(=NCc1ccc(COC)cc1)NCc1ccc(C)cc1OCCOCC.I. The van der Waals surface area contributed by atoms with Crippen molar-refractivity contribution in [3.63, 3.8) is 0 Å². The minimum Gasteiger partial charge on any atom is -0.491 e. The van der Waals surface area contributed by atoms with Crippen molar-refractivity contribution in [2.75, 3.05) is 33.5 Å². The first-order chi connectivity index (χ1) is 14.7. The molecule has 0 atom stereocenters. The highest BCUT2D eigenvalue weighted by atomic mass is 127. The van der Waals surface area contributed by atoms with E-state index < -0.39 is 0 Å². The number of benzene rings is 2. The Labute approximate surface area is 203 Å². The lowest BCUT2D eigenvalue weighted by Crippen LogP contribution is -2.36. The van der Waals surface area contributed by atoms with Gasteiger partial charge in [-0.1, -0.05) is 36.4 Å². The molecule has 0 fully saturated rings. The van der Waals surface area contributed by atoms with Gasteiger partial charge in [0.2, 0.25) is 0 Å². The van der Waals surface area contributed by atoms with E-state index in [-0.39, 0.29) is 24.0 Å². The molecule has 0 spiro atoms. The molecule has 6 nitrogen and oxygen atoms in total. The first kappa shape index (κ1) is 27.2. The predicted molar refractivity (Wildman–Crippen MR) is 137 cm³/mol. The van der Waals surface area contributed by atoms with Gasteiger partial charge in [-0.25, -0.2) is 4.99 Å². The molecule has 0 aromatic heterocycles. The second-order valence-corrected chi connectivity index (χ2v) is 6.95. The van der Waals surface area contributed by atoms with Gasteiger partial charge in [0.05, 0.1) is 19.8 Å². The van der Waals surface area contributed by atoms with Crippen molar-refractivity contribution in [1.29, 1.82) is 0 Å². The molecule has 0 saturated heterocycles. The van der Waals surface area contributed by atoms with Crippen molar-refractivity contribution in [1.82, 2.24) is 10.6 Å². The van der Waals surface area contributed by atoms with Crippen molar-refractivity contribution < 1.29 is 14.2 Å². The van der Waals surface area contributed by atoms with Crippen LogP contribution in [0.5, 0.6) is 5.75 Å². The average molecular weight is 541 g/mol. The fourth-order valence-corrected chi connectivity index (χ4v) is 2.90. The van der Waals surface area contributed by atoms with Crippen molar-refractivity contribution >= 4 is 29.9 Å². The van der Waals surface area contributed by atoms with Crippen LogP contribution in [-0.4, -0.2) is 39.4 Å². The molecule has 2 aromatic carbocycles. The quantitative estimate of drug-likeness (QED) is 0.180. The summed E-state index contributed by atoms with van der Waals surface area (Å²) in [5.74, 6) is 1.66. The molecule has 0 amide bonds. The summed E-state index contributed by atoms with van der Waals surface area (Å²) >= 11 is 0. The van der Waals surface area contributed by atoms with Crippen LogP contribution in [0.15, 0.2) is 47.5 Å². The summed E-state index contributed by atoms with van der Waals surface area (Å²) in [7, 11) is 1.70. The van der Waals surface area contributed by atoms with E-state index in [4.69, 9.17) is 19.2 Å². The Hall–Kier alpha value is -1.84. The number of hydrogen-bond acceptors (Lipinski definition) is 4. The van der Waals surface area contributed by atoms with Gasteiger partial charge in [0, 0.05) is 32.4 Å². The van der Waals surface area contributed by atoms with E-state index in [1.807, 2.05) is 6.92 Å². The zero-order valence-electron chi connectivity index (χ0n) is 19.1. The molecule has 0 aliphatic rings. The lowest BCUT2D eigenvalue weighted by Gasteiger charge is -2.15. The third kappa shape index (κ3) is 10.3. The van der Waals surface area contributed by atoms with Gasteiger partial charge in [-0.2, -0.15) is 0 Å². The minimum atomic E-state index is 0. The molecule has 0 bridgehead atoms. The molecule has 2 aromatic rings. The van der Waals surface area contributed by atoms with Gasteiger partial charge in [0.25, 0.3) is 0 Å². The Balaban J connectivity index is 0.00000480. The number of nitrogens with zero attached hydrogens (tertiary/aromatic N) is 1. The Morgan fingerprint density at radius 3 is 2.39 bits per heavy atom. The van der Waals surface area contributed by atoms with E-state index in [2.05, 4.69) is 66.9 Å². The highest BCUT2D eigenvalue weighted by Gasteiger charge is 2.06. The number of methoxy groups -OCH3 is 1. The molecule has 0 heterocycles. The number of nitrogens with one attached hydrogen (secondary N) is 2. The maximum absolute atomic E-state index is 5.94. The first-order valence-electron chi connectivity index (χ1n) is 10.5. The largest absolute Gasteiger partial charge is 0.491 e. The number of aryl methyl sites for hydroxylation is 1. The second-order valence-electron chi connectivity index (χ2n) is 6.95. The lowest BCUT2D eigenvalue weighted by atomic mass is 10.1. The Morgan fingerprint density at radius 1 is 0.968 bits per heavy atom. The number of halogens is 1. The van der Waals surface area contributed by atoms with E-state index >= 15 is 0 Å². The monoisotopic (exact) mass is 541 g/mol. The molecule has 0 aliphatic heterocycles. The third-order valence-electron chi connectivity index (χ3n) is 4.46. The number of aliphatic imine (C=N–C) groups is 1. The number of rotatable bonds is 12. The predicted octanol–water partition coefficient (Wildman–Crippen LogP) is 4.43. The Kier molecular flexibility index (Phi) is 13.9. The molecule has 0 saturated carbocycles. The van der Waals surface area contributed by atoms with E-state index in [0.717, 1.165) is 34.9 Å². The van der Waals surface area contributed by atoms with Gasteiger partial charge in [0.1, 0.15) is 12.4 Å². The fraction of sp³-hybridized carbons (Fsp3) is 0.458. The molecule has 2 rings (SSSR count). The summed E-state index contributed by atoms with van der Waals surface area (Å²) in [6.07, 6.45) is 0. The smallest absolute Gasteiger partial charge is 0.191 e. The van der Waals surface area contributed by atoms with Crippen LogP contribution < -0.4 is 15.4 Å². The van der Waals surface area contributed by atoms with Crippen molar-refractivity contribution in [3.05, 3.63) is 64.7 Å². The maximum Gasteiger partial charge on any atom is 0.191 e. The van der Waals surface area contributed by atoms with Crippen LogP contribution in [0.25, 0.3) is 0 Å². The molecular formula is C24H36IN3O3. The number of guanidine groups is 1. The van der Waals surface area contributed by atoms with Crippen LogP contribution in [0.1, 0.15) is 36.1 Å². The van der Waals surface area contributed by atoms with Gasteiger partial charge in [-0.3, -0.25) is 0 Å². The summed E-state index contributed by atoms with van der Waals surface area (Å²) in [4.78, 5) is 4.71. The minimum absolute atomic E-state index is 0. The fourth-order valence-electron chi connectivity index (χ4n) is 2.90. The van der Waals surface area contributed by atoms with Gasteiger partial charge in [0.15, 0.2) is 5.96 Å². The Bertz CT molecular complexity index is 782. The number of ether oxygens (including phenoxy) is 3. The van der Waals surface area contributed by atoms with Crippen molar-refractivity contribution in [2.45, 2.75) is 40.5 Å². The molecule has 31 heavy (non-hydrogen) atoms. The highest BCUT2D eigenvalue weighted by Crippen LogP contribution is 2.20. The number of hydrogen-bond donors (Lipinski definition) is 2. The van der Waals surface area contributed by atoms with Gasteiger partial charge in [-0.15, -0.1) is 24.0 Å². The molecule has 172 valence electrons. The van der Waals surface area contributed by atoms with Crippen molar-refractivity contribution in [3.8, 4) is 5.75 Å². The summed E-state index contributed by atoms with van der Waals surface area (Å²) < 4.78 is 16.5. The zero-order valence-corrected chi connectivity index (χ0v) is 21.4. The second kappa shape index (κ2) is 15.9. The topological polar surface area (TPSA) is 64.1 Å². The summed E-state index contributed by atoms with van der Waals surface area (Å²) in [6, 6.07) is 14.6. The average Bonchev–Trinajstić information content (AvgIpc) is 2.75. The van der Waals surface area contributed by atoms with E-state index in [0.29, 0.717) is 39.5 Å².